The van der Waals surface area contributed by atoms with Gasteiger partial charge in [-0.15, -0.1) is 0 Å². The molecule has 7 heteroatoms. The van der Waals surface area contributed by atoms with Crippen LogP contribution in [-0.2, 0) is 33.3 Å². The molecule has 1 aliphatic heterocycles. The van der Waals surface area contributed by atoms with E-state index in [1.807, 2.05) is 6.92 Å². The van der Waals surface area contributed by atoms with E-state index in [1.165, 1.54) is 39.5 Å². The van der Waals surface area contributed by atoms with Gasteiger partial charge >= 0.3 is 17.9 Å². The minimum atomic E-state index is -0.275. The van der Waals surface area contributed by atoms with Crippen molar-refractivity contribution in [3.63, 3.8) is 0 Å². The number of hydrogen-bond donors (Lipinski definition) is 0. The summed E-state index contributed by atoms with van der Waals surface area (Å²) in [7, 11) is 0. The molecule has 0 N–H and O–H groups in total. The van der Waals surface area contributed by atoms with E-state index in [0.29, 0.717) is 36.2 Å². The molecule has 7 nitrogen and oxygen atoms in total. The predicted octanol–water partition coefficient (Wildman–Crippen LogP) is 6.67. The highest BCUT2D eigenvalue weighted by Gasteiger charge is 2.64. The third-order valence-corrected chi connectivity index (χ3v) is 12.6. The molecule has 5 aliphatic rings. The van der Waals surface area contributed by atoms with E-state index in [2.05, 4.69) is 34.6 Å². The predicted molar refractivity (Wildman–Crippen MR) is 159 cm³/mol. The highest BCUT2D eigenvalue weighted by atomic mass is 16.6. The van der Waals surface area contributed by atoms with E-state index >= 15 is 0 Å². The lowest BCUT2D eigenvalue weighted by molar-refractivity contribution is -0.197. The lowest BCUT2D eigenvalue weighted by Crippen LogP contribution is -2.59. The van der Waals surface area contributed by atoms with Crippen LogP contribution in [0.1, 0.15) is 107 Å². The summed E-state index contributed by atoms with van der Waals surface area (Å²) in [5.74, 6) is 2.44. The number of fused-ring (bicyclic) bond motifs is 5. The quantitative estimate of drug-likeness (QED) is 0.136. The monoisotopic (exact) mass is 586 g/mol. The van der Waals surface area contributed by atoms with E-state index in [9.17, 15) is 14.4 Å². The van der Waals surface area contributed by atoms with Crippen LogP contribution in [0.2, 0.25) is 0 Å². The van der Waals surface area contributed by atoms with Gasteiger partial charge in [0.25, 0.3) is 0 Å². The fourth-order valence-electron chi connectivity index (χ4n) is 10.7. The Hall–Kier alpha value is -1.89. The summed E-state index contributed by atoms with van der Waals surface area (Å²) in [5, 5.41) is 0. The zero-order chi connectivity index (χ0) is 30.6. The van der Waals surface area contributed by atoms with Crippen LogP contribution in [0.5, 0.6) is 0 Å². The van der Waals surface area contributed by atoms with Gasteiger partial charge in [0.05, 0.1) is 12.7 Å². The molecule has 0 radical (unpaired) electrons. The summed E-state index contributed by atoms with van der Waals surface area (Å²) in [6.07, 6.45) is 10.0. The van der Waals surface area contributed by atoms with Crippen LogP contribution in [0, 0.1) is 52.3 Å². The second-order valence-corrected chi connectivity index (χ2v) is 15.0. The van der Waals surface area contributed by atoms with Crippen LogP contribution in [0.4, 0.5) is 0 Å². The molecule has 1 heterocycles. The molecule has 236 valence electrons. The summed E-state index contributed by atoms with van der Waals surface area (Å²) in [6.45, 7) is 16.8. The maximum absolute atomic E-state index is 12.3. The molecule has 0 aromatic rings. The number of hydrogen-bond acceptors (Lipinski definition) is 7. The van der Waals surface area contributed by atoms with Gasteiger partial charge in [-0.1, -0.05) is 34.6 Å². The number of ether oxygens (including phenoxy) is 4. The number of carbonyl (C=O) groups excluding carboxylic acids is 3. The smallest absolute Gasteiger partial charge is 0.330 e. The lowest BCUT2D eigenvalue weighted by atomic mass is 9.43. The van der Waals surface area contributed by atoms with E-state index in [-0.39, 0.29) is 65.0 Å². The fraction of sp³-hybridized carbons (Fsp3) is 0.857. The molecular formula is C35H54O7. The van der Waals surface area contributed by atoms with Crippen LogP contribution < -0.4 is 0 Å². The molecular weight excluding hydrogens is 532 g/mol. The molecule has 0 amide bonds. The SMILES string of the molecule is CCOC(=O)/C=C(/C(C)C)[C@@H]1O[C@H]1[C@@H](C)[C@H]1CC[C@H]2[C@@H]3C[C@H](OC(C)=O)[C@@H]4C[C@H](OC(C)=O)CC[C@]4(C)[C@H]3CC[C@]12C. The minimum Gasteiger partial charge on any atom is -0.463 e. The van der Waals surface area contributed by atoms with Gasteiger partial charge in [-0.2, -0.15) is 0 Å². The third kappa shape index (κ3) is 5.68. The van der Waals surface area contributed by atoms with E-state index < -0.39 is 0 Å². The number of carbonyl (C=O) groups is 3. The van der Waals surface area contributed by atoms with Crippen molar-refractivity contribution in [2.75, 3.05) is 6.61 Å². The first kappa shape index (κ1) is 31.5. The van der Waals surface area contributed by atoms with E-state index in [1.54, 1.807) is 6.08 Å². The average molecular weight is 587 g/mol. The van der Waals surface area contributed by atoms with Crippen molar-refractivity contribution in [1.82, 2.24) is 0 Å². The summed E-state index contributed by atoms with van der Waals surface area (Å²) in [6, 6.07) is 0. The Morgan fingerprint density at radius 1 is 0.881 bits per heavy atom. The molecule has 12 atom stereocenters. The molecule has 0 bridgehead atoms. The van der Waals surface area contributed by atoms with Gasteiger partial charge in [0, 0.05) is 25.8 Å². The zero-order valence-corrected chi connectivity index (χ0v) is 27.1. The van der Waals surface area contributed by atoms with Crippen LogP contribution in [-0.4, -0.2) is 48.9 Å². The van der Waals surface area contributed by atoms with Crippen molar-refractivity contribution in [2.24, 2.45) is 52.3 Å². The number of esters is 3. The molecule has 0 spiro atoms. The molecule has 1 saturated heterocycles. The Balaban J connectivity index is 1.34. The molecule has 4 aliphatic carbocycles. The average Bonchev–Trinajstić information content (AvgIpc) is 3.61. The van der Waals surface area contributed by atoms with Gasteiger partial charge in [0.1, 0.15) is 18.3 Å². The summed E-state index contributed by atoms with van der Waals surface area (Å²) in [4.78, 5) is 36.3. The van der Waals surface area contributed by atoms with Gasteiger partial charge in [-0.05, 0) is 110 Å². The molecule has 0 unspecified atom stereocenters. The second-order valence-electron chi connectivity index (χ2n) is 15.0. The highest BCUT2D eigenvalue weighted by Crippen LogP contribution is 2.69. The first-order valence-corrected chi connectivity index (χ1v) is 16.7. The van der Waals surface area contributed by atoms with Crippen LogP contribution >= 0.6 is 0 Å². The van der Waals surface area contributed by atoms with Gasteiger partial charge in [0.15, 0.2) is 0 Å². The van der Waals surface area contributed by atoms with Crippen molar-refractivity contribution < 1.29 is 33.3 Å². The Morgan fingerprint density at radius 3 is 2.19 bits per heavy atom. The van der Waals surface area contributed by atoms with Gasteiger partial charge in [-0.3, -0.25) is 9.59 Å². The van der Waals surface area contributed by atoms with Crippen molar-refractivity contribution in [2.45, 2.75) is 131 Å². The lowest BCUT2D eigenvalue weighted by Gasteiger charge is -2.62. The van der Waals surface area contributed by atoms with Crippen LogP contribution in [0.25, 0.3) is 0 Å². The Bertz CT molecular complexity index is 1080. The topological polar surface area (TPSA) is 91.4 Å². The molecule has 0 aromatic heterocycles. The zero-order valence-electron chi connectivity index (χ0n) is 27.1. The maximum atomic E-state index is 12.3. The Morgan fingerprint density at radius 2 is 1.55 bits per heavy atom. The summed E-state index contributed by atoms with van der Waals surface area (Å²) < 4.78 is 23.3. The number of rotatable bonds is 8. The minimum absolute atomic E-state index is 0.00139. The normalized spacial score (nSPS) is 43.5. The van der Waals surface area contributed by atoms with Crippen LogP contribution in [0.3, 0.4) is 0 Å². The largest absolute Gasteiger partial charge is 0.463 e. The standard InChI is InChI=1S/C35H54O7/c1-9-39-31(38)18-24(19(2)3)33-32(42-33)20(4)26-10-11-27-25-17-30(41-22(6)37)29-16-23(40-21(5)36)12-14-35(29,8)28(25)13-15-34(26,27)7/h18-20,23,25-30,32-33H,9-17H2,1-8H3/b24-18-/t20-,23+,25-,26+,27-,28-,29-,30-,32-,33-,34+,35+/m0/s1. The fourth-order valence-corrected chi connectivity index (χ4v) is 10.7. The maximum Gasteiger partial charge on any atom is 0.330 e. The molecule has 0 aromatic carbocycles. The molecule has 5 fully saturated rings. The summed E-state index contributed by atoms with van der Waals surface area (Å²) in [5.41, 5.74) is 1.35. The van der Waals surface area contributed by atoms with Crippen molar-refractivity contribution in [3.05, 3.63) is 11.6 Å². The van der Waals surface area contributed by atoms with Gasteiger partial charge < -0.3 is 18.9 Å². The first-order chi connectivity index (χ1) is 19.8. The highest BCUT2D eigenvalue weighted by molar-refractivity contribution is 5.83. The van der Waals surface area contributed by atoms with Gasteiger partial charge in [-0.25, -0.2) is 4.79 Å². The molecule has 5 rings (SSSR count). The van der Waals surface area contributed by atoms with E-state index in [4.69, 9.17) is 18.9 Å². The van der Waals surface area contributed by atoms with E-state index in [0.717, 1.165) is 31.3 Å². The Kier molecular flexibility index (Phi) is 8.93. The molecule has 42 heavy (non-hydrogen) atoms. The van der Waals surface area contributed by atoms with Crippen molar-refractivity contribution in [1.29, 1.82) is 0 Å². The first-order valence-electron chi connectivity index (χ1n) is 16.7. The third-order valence-electron chi connectivity index (χ3n) is 12.6. The van der Waals surface area contributed by atoms with Crippen molar-refractivity contribution in [3.8, 4) is 0 Å². The second kappa shape index (κ2) is 11.9. The summed E-state index contributed by atoms with van der Waals surface area (Å²) >= 11 is 0. The van der Waals surface area contributed by atoms with Crippen LogP contribution in [0.15, 0.2) is 11.6 Å². The van der Waals surface area contributed by atoms with Crippen molar-refractivity contribution >= 4 is 17.9 Å². The molecule has 4 saturated carbocycles. The van der Waals surface area contributed by atoms with Gasteiger partial charge in [0.2, 0.25) is 0 Å². The number of epoxide rings is 1. The Labute approximate surface area is 252 Å².